The van der Waals surface area contributed by atoms with Crippen LogP contribution in [-0.4, -0.2) is 37.5 Å². The predicted molar refractivity (Wildman–Crippen MR) is 121 cm³/mol. The quantitative estimate of drug-likeness (QED) is 0.657. The Bertz CT molecular complexity index is 905. The monoisotopic (exact) mass is 410 g/mol. The molecule has 1 amide bonds. The van der Waals surface area contributed by atoms with Gasteiger partial charge in [0.2, 0.25) is 0 Å². The fourth-order valence-corrected chi connectivity index (χ4v) is 5.28. The molecule has 0 aromatic carbocycles. The van der Waals surface area contributed by atoms with Crippen molar-refractivity contribution in [2.75, 3.05) is 6.54 Å². The van der Waals surface area contributed by atoms with Crippen LogP contribution >= 0.6 is 0 Å². The lowest BCUT2D eigenvalue weighted by atomic mass is 9.81. The van der Waals surface area contributed by atoms with Gasteiger partial charge in [-0.2, -0.15) is 5.10 Å². The molecule has 1 saturated heterocycles. The summed E-state index contributed by atoms with van der Waals surface area (Å²) in [6, 6.07) is 4.13. The van der Waals surface area contributed by atoms with Gasteiger partial charge in [0.25, 0.3) is 5.91 Å². The van der Waals surface area contributed by atoms with E-state index in [1.165, 1.54) is 32.1 Å². The number of likely N-dealkylation sites (tertiary alicyclic amines) is 1. The van der Waals surface area contributed by atoms with Crippen LogP contribution in [-0.2, 0) is 6.42 Å². The molecule has 1 aliphatic carbocycles. The highest BCUT2D eigenvalue weighted by atomic mass is 16.2. The normalized spacial score (nSPS) is 24.5. The lowest BCUT2D eigenvalue weighted by Crippen LogP contribution is -2.50. The minimum absolute atomic E-state index is 0.0442. The van der Waals surface area contributed by atoms with Gasteiger partial charge in [0.05, 0.1) is 0 Å². The zero-order valence-electron chi connectivity index (χ0n) is 19.4. The minimum Gasteiger partial charge on any atom is -0.332 e. The van der Waals surface area contributed by atoms with Crippen LogP contribution in [0.15, 0.2) is 12.1 Å². The Kier molecular flexibility index (Phi) is 5.91. The van der Waals surface area contributed by atoms with Crippen molar-refractivity contribution >= 4 is 11.6 Å². The molecule has 4 rings (SSSR count). The average Bonchev–Trinajstić information content (AvgIpc) is 3.12. The van der Waals surface area contributed by atoms with E-state index in [2.05, 4.69) is 40.7 Å². The number of fused-ring (bicyclic) bond motifs is 1. The second-order valence-electron chi connectivity index (χ2n) is 10.7. The molecule has 0 radical (unpaired) electrons. The summed E-state index contributed by atoms with van der Waals surface area (Å²) in [6.45, 7) is 11.9. The molecular formula is C25H38N4O. The van der Waals surface area contributed by atoms with Crippen molar-refractivity contribution in [3.8, 4) is 0 Å². The molecule has 1 aliphatic heterocycles. The maximum Gasteiger partial charge on any atom is 0.274 e. The van der Waals surface area contributed by atoms with E-state index < -0.39 is 0 Å². The Balaban J connectivity index is 1.64. The van der Waals surface area contributed by atoms with Crippen LogP contribution in [0.3, 0.4) is 0 Å². The van der Waals surface area contributed by atoms with E-state index in [0.29, 0.717) is 11.6 Å². The molecule has 30 heavy (non-hydrogen) atoms. The van der Waals surface area contributed by atoms with Gasteiger partial charge in [-0.05, 0) is 76.2 Å². The first-order chi connectivity index (χ1) is 14.2. The number of nitrogens with zero attached hydrogens (tertiary/aromatic N) is 4. The fraction of sp³-hybridized carbons (Fsp3) is 0.720. The van der Waals surface area contributed by atoms with Crippen LogP contribution in [0.4, 0.5) is 0 Å². The lowest BCUT2D eigenvalue weighted by molar-refractivity contribution is 0.0427. The van der Waals surface area contributed by atoms with Crippen LogP contribution in [0.2, 0.25) is 0 Å². The molecule has 0 unspecified atom stereocenters. The highest BCUT2D eigenvalue weighted by molar-refractivity contribution is 5.94. The standard InChI is InChI=1S/C25H38N4O/c1-17(2)22-15-20(14-19-10-8-18(3)9-11-19)26-23-16-21(27-29(22)23)24(30)28-13-7-6-12-25(28,4)5/h15-19H,6-14H2,1-5H3. The van der Waals surface area contributed by atoms with E-state index in [4.69, 9.17) is 10.1 Å². The molecule has 0 bridgehead atoms. The maximum absolute atomic E-state index is 13.3. The Hall–Kier alpha value is -1.91. The van der Waals surface area contributed by atoms with Crippen LogP contribution in [0.25, 0.3) is 5.65 Å². The first-order valence-corrected chi connectivity index (χ1v) is 12.0. The molecule has 2 aromatic rings. The summed E-state index contributed by atoms with van der Waals surface area (Å²) in [6.07, 6.45) is 9.62. The molecule has 2 aromatic heterocycles. The highest BCUT2D eigenvalue weighted by Crippen LogP contribution is 2.32. The van der Waals surface area contributed by atoms with Crippen molar-refractivity contribution in [2.45, 2.75) is 97.4 Å². The molecule has 5 nitrogen and oxygen atoms in total. The third-order valence-electron chi connectivity index (χ3n) is 7.35. The minimum atomic E-state index is -0.108. The van der Waals surface area contributed by atoms with Crippen molar-refractivity contribution in [1.29, 1.82) is 0 Å². The first kappa shape index (κ1) is 21.3. The van der Waals surface area contributed by atoms with Gasteiger partial charge in [-0.1, -0.05) is 33.6 Å². The largest absolute Gasteiger partial charge is 0.332 e. The van der Waals surface area contributed by atoms with Gasteiger partial charge in [-0.15, -0.1) is 0 Å². The van der Waals surface area contributed by atoms with Crippen LogP contribution in [0, 0.1) is 11.8 Å². The van der Waals surface area contributed by atoms with Gasteiger partial charge in [0, 0.05) is 29.5 Å². The third kappa shape index (κ3) is 4.26. The topological polar surface area (TPSA) is 50.5 Å². The summed E-state index contributed by atoms with van der Waals surface area (Å²) in [5.41, 5.74) is 3.54. The Labute approximate surface area is 181 Å². The molecule has 0 spiro atoms. The molecule has 164 valence electrons. The number of aromatic nitrogens is 3. The van der Waals surface area contributed by atoms with E-state index in [-0.39, 0.29) is 11.4 Å². The van der Waals surface area contributed by atoms with E-state index in [0.717, 1.165) is 54.7 Å². The molecule has 1 saturated carbocycles. The molecule has 2 aliphatic rings. The first-order valence-electron chi connectivity index (χ1n) is 12.0. The molecule has 3 heterocycles. The summed E-state index contributed by atoms with van der Waals surface area (Å²) in [5, 5.41) is 4.74. The summed E-state index contributed by atoms with van der Waals surface area (Å²) >= 11 is 0. The SMILES string of the molecule is CC1CCC(Cc2cc(C(C)C)n3nc(C(=O)N4CCCCC4(C)C)cc3n2)CC1. The zero-order chi connectivity index (χ0) is 21.5. The van der Waals surface area contributed by atoms with E-state index in [9.17, 15) is 4.79 Å². The number of amides is 1. The van der Waals surface area contributed by atoms with Crippen LogP contribution in [0.5, 0.6) is 0 Å². The summed E-state index contributed by atoms with van der Waals surface area (Å²) in [7, 11) is 0. The molecule has 0 atom stereocenters. The van der Waals surface area contributed by atoms with Crippen LogP contribution in [0.1, 0.15) is 107 Å². The van der Waals surface area contributed by atoms with Gasteiger partial charge in [-0.3, -0.25) is 4.79 Å². The number of hydrogen-bond acceptors (Lipinski definition) is 3. The maximum atomic E-state index is 13.3. The third-order valence-corrected chi connectivity index (χ3v) is 7.35. The van der Waals surface area contributed by atoms with Crippen molar-refractivity contribution in [3.63, 3.8) is 0 Å². The average molecular weight is 411 g/mol. The van der Waals surface area contributed by atoms with Gasteiger partial charge >= 0.3 is 0 Å². The Morgan fingerprint density at radius 1 is 1.17 bits per heavy atom. The number of carbonyl (C=O) groups is 1. The van der Waals surface area contributed by atoms with Gasteiger partial charge in [-0.25, -0.2) is 9.50 Å². The predicted octanol–water partition coefficient (Wildman–Crippen LogP) is 5.63. The summed E-state index contributed by atoms with van der Waals surface area (Å²) in [5.74, 6) is 1.97. The number of piperidine rings is 1. The Morgan fingerprint density at radius 3 is 2.57 bits per heavy atom. The van der Waals surface area contributed by atoms with Gasteiger partial charge < -0.3 is 4.90 Å². The van der Waals surface area contributed by atoms with Crippen molar-refractivity contribution in [3.05, 3.63) is 29.2 Å². The zero-order valence-corrected chi connectivity index (χ0v) is 19.4. The van der Waals surface area contributed by atoms with Crippen molar-refractivity contribution in [2.24, 2.45) is 11.8 Å². The second kappa shape index (κ2) is 8.32. The molecule has 5 heteroatoms. The number of rotatable bonds is 4. The van der Waals surface area contributed by atoms with Gasteiger partial charge in [0.15, 0.2) is 11.3 Å². The fourth-order valence-electron chi connectivity index (χ4n) is 5.28. The van der Waals surface area contributed by atoms with E-state index >= 15 is 0 Å². The smallest absolute Gasteiger partial charge is 0.274 e. The molecular weight excluding hydrogens is 372 g/mol. The molecule has 0 N–H and O–H groups in total. The lowest BCUT2D eigenvalue weighted by Gasteiger charge is -2.42. The Morgan fingerprint density at radius 2 is 1.90 bits per heavy atom. The highest BCUT2D eigenvalue weighted by Gasteiger charge is 2.35. The number of hydrogen-bond donors (Lipinski definition) is 0. The summed E-state index contributed by atoms with van der Waals surface area (Å²) < 4.78 is 1.90. The van der Waals surface area contributed by atoms with Crippen molar-refractivity contribution in [1.82, 2.24) is 19.5 Å². The van der Waals surface area contributed by atoms with E-state index in [1.807, 2.05) is 15.5 Å². The van der Waals surface area contributed by atoms with Gasteiger partial charge in [0.1, 0.15) is 0 Å². The summed E-state index contributed by atoms with van der Waals surface area (Å²) in [4.78, 5) is 20.3. The van der Waals surface area contributed by atoms with E-state index in [1.54, 1.807) is 0 Å². The van der Waals surface area contributed by atoms with Crippen LogP contribution < -0.4 is 0 Å². The van der Waals surface area contributed by atoms with Crippen molar-refractivity contribution < 1.29 is 4.79 Å². The second-order valence-corrected chi connectivity index (χ2v) is 10.7. The number of carbonyl (C=O) groups excluding carboxylic acids is 1. The molecule has 2 fully saturated rings.